The molecule has 0 N–H and O–H groups in total. The Labute approximate surface area is 221 Å². The molecule has 0 atom stereocenters. The molecule has 0 saturated carbocycles. The van der Waals surface area contributed by atoms with E-state index in [-0.39, 0.29) is 11.6 Å². The van der Waals surface area contributed by atoms with Crippen LogP contribution in [0.15, 0.2) is 94.7 Å². The summed E-state index contributed by atoms with van der Waals surface area (Å²) in [6.07, 6.45) is 0. The Hall–Kier alpha value is -3.26. The number of para-hydroxylation sites is 2. The molecule has 7 heteroatoms. The fourth-order valence-corrected chi connectivity index (χ4v) is 6.57. The molecule has 0 spiro atoms. The molecule has 4 aromatic carbocycles. The van der Waals surface area contributed by atoms with Crippen molar-refractivity contribution in [3.8, 4) is 0 Å². The van der Waals surface area contributed by atoms with E-state index >= 15 is 0 Å². The highest BCUT2D eigenvalue weighted by atomic mass is 32.2. The van der Waals surface area contributed by atoms with Gasteiger partial charge in [-0.1, -0.05) is 36.4 Å². The number of benzene rings is 4. The quantitative estimate of drug-likeness (QED) is 0.113. The van der Waals surface area contributed by atoms with Gasteiger partial charge in [-0.3, -0.25) is 0 Å². The first-order valence-electron chi connectivity index (χ1n) is 12.0. The van der Waals surface area contributed by atoms with Gasteiger partial charge in [-0.2, -0.15) is 0 Å². The largest absolute Gasteiger partial charge is 0.380 e. The summed E-state index contributed by atoms with van der Waals surface area (Å²) in [5.41, 5.74) is 3.37. The SMILES string of the molecule is Fc1ccc2nc3ccccc3c(SCCOCCSc3c4ccccc4nc4ccc(F)cc34)c2c1. The van der Waals surface area contributed by atoms with Crippen molar-refractivity contribution >= 4 is 67.1 Å². The monoisotopic (exact) mass is 528 g/mol. The summed E-state index contributed by atoms with van der Waals surface area (Å²) < 4.78 is 34.0. The van der Waals surface area contributed by atoms with Gasteiger partial charge in [-0.05, 0) is 48.5 Å². The number of ether oxygens (including phenoxy) is 1. The number of hydrogen-bond acceptors (Lipinski definition) is 5. The van der Waals surface area contributed by atoms with Gasteiger partial charge in [0.05, 0.1) is 35.3 Å². The zero-order valence-corrected chi connectivity index (χ0v) is 21.4. The van der Waals surface area contributed by atoms with Crippen LogP contribution in [0.5, 0.6) is 0 Å². The highest BCUT2D eigenvalue weighted by molar-refractivity contribution is 8.00. The van der Waals surface area contributed by atoms with Crippen molar-refractivity contribution in [2.75, 3.05) is 24.7 Å². The van der Waals surface area contributed by atoms with Gasteiger partial charge in [0.25, 0.3) is 0 Å². The maximum Gasteiger partial charge on any atom is 0.124 e. The maximum atomic E-state index is 14.0. The van der Waals surface area contributed by atoms with E-state index in [0.717, 1.165) is 64.9 Å². The average molecular weight is 529 g/mol. The number of pyridine rings is 2. The Kier molecular flexibility index (Phi) is 6.91. The third kappa shape index (κ3) is 4.99. The van der Waals surface area contributed by atoms with Crippen LogP contribution in [0.4, 0.5) is 8.78 Å². The van der Waals surface area contributed by atoms with Crippen molar-refractivity contribution in [3.63, 3.8) is 0 Å². The molecule has 0 aliphatic carbocycles. The number of nitrogens with zero attached hydrogens (tertiary/aromatic N) is 2. The first kappa shape index (κ1) is 24.1. The molecule has 184 valence electrons. The van der Waals surface area contributed by atoms with E-state index in [9.17, 15) is 8.78 Å². The highest BCUT2D eigenvalue weighted by Gasteiger charge is 2.12. The van der Waals surface area contributed by atoms with Crippen LogP contribution in [0.2, 0.25) is 0 Å². The van der Waals surface area contributed by atoms with Crippen LogP contribution in [0.3, 0.4) is 0 Å². The molecule has 0 fully saturated rings. The van der Waals surface area contributed by atoms with E-state index < -0.39 is 0 Å². The zero-order valence-electron chi connectivity index (χ0n) is 19.8. The molecule has 0 saturated heterocycles. The minimum Gasteiger partial charge on any atom is -0.380 e. The second kappa shape index (κ2) is 10.6. The molecule has 6 aromatic rings. The Balaban J connectivity index is 1.12. The van der Waals surface area contributed by atoms with E-state index in [1.54, 1.807) is 47.8 Å². The smallest absolute Gasteiger partial charge is 0.124 e. The Morgan fingerprint density at radius 1 is 0.541 bits per heavy atom. The molecule has 2 heterocycles. The van der Waals surface area contributed by atoms with Crippen molar-refractivity contribution in [3.05, 3.63) is 96.6 Å². The summed E-state index contributed by atoms with van der Waals surface area (Å²) in [7, 11) is 0. The summed E-state index contributed by atoms with van der Waals surface area (Å²) in [4.78, 5) is 11.4. The fraction of sp³-hybridized carbons (Fsp3) is 0.133. The summed E-state index contributed by atoms with van der Waals surface area (Å²) in [5, 5.41) is 3.68. The van der Waals surface area contributed by atoms with Crippen LogP contribution in [0.25, 0.3) is 43.6 Å². The lowest BCUT2D eigenvalue weighted by Crippen LogP contribution is -2.02. The van der Waals surface area contributed by atoms with Gasteiger partial charge < -0.3 is 4.74 Å². The predicted octanol–water partition coefficient (Wildman–Crippen LogP) is 8.27. The Bertz CT molecular complexity index is 1630. The number of halogens is 2. The van der Waals surface area contributed by atoms with E-state index in [0.29, 0.717) is 13.2 Å². The number of fused-ring (bicyclic) bond motifs is 4. The minimum absolute atomic E-state index is 0.268. The molecule has 6 rings (SSSR count). The van der Waals surface area contributed by atoms with Crippen LogP contribution in [-0.2, 0) is 4.74 Å². The van der Waals surface area contributed by atoms with Crippen molar-refractivity contribution < 1.29 is 13.5 Å². The second-order valence-corrected chi connectivity index (χ2v) is 10.8. The van der Waals surface area contributed by atoms with Crippen LogP contribution in [-0.4, -0.2) is 34.7 Å². The van der Waals surface area contributed by atoms with Gasteiger partial charge >= 0.3 is 0 Å². The lowest BCUT2D eigenvalue weighted by atomic mass is 10.1. The molecule has 0 bridgehead atoms. The average Bonchev–Trinajstić information content (AvgIpc) is 2.92. The lowest BCUT2D eigenvalue weighted by Gasteiger charge is -2.12. The molecule has 0 aliphatic heterocycles. The molecule has 2 aromatic heterocycles. The third-order valence-corrected chi connectivity index (χ3v) is 8.33. The fourth-order valence-electron chi connectivity index (χ4n) is 4.47. The normalized spacial score (nSPS) is 11.7. The molecular formula is C30H22F2N2OS2. The van der Waals surface area contributed by atoms with Crippen LogP contribution in [0.1, 0.15) is 0 Å². The molecule has 0 aliphatic rings. The third-order valence-electron chi connectivity index (χ3n) is 6.13. The van der Waals surface area contributed by atoms with Crippen LogP contribution in [0, 0.1) is 11.6 Å². The number of hydrogen-bond donors (Lipinski definition) is 0. The standard InChI is InChI=1S/C30H22F2N2OS2/c31-19-9-11-27-23(17-19)29(21-5-1-3-7-25(21)33-27)36-15-13-35-14-16-37-30-22-6-2-4-8-26(22)34-28-12-10-20(32)18-24(28)30/h1-12,17-18H,13-16H2. The number of thioether (sulfide) groups is 2. The van der Waals surface area contributed by atoms with Gasteiger partial charge in [0.2, 0.25) is 0 Å². The van der Waals surface area contributed by atoms with E-state index in [4.69, 9.17) is 4.74 Å². The molecule has 0 amide bonds. The van der Waals surface area contributed by atoms with Crippen LogP contribution < -0.4 is 0 Å². The van der Waals surface area contributed by atoms with Gasteiger partial charge in [0, 0.05) is 42.8 Å². The Morgan fingerprint density at radius 3 is 1.46 bits per heavy atom. The number of rotatable bonds is 8. The van der Waals surface area contributed by atoms with Gasteiger partial charge in [0.1, 0.15) is 11.6 Å². The molecule has 3 nitrogen and oxygen atoms in total. The van der Waals surface area contributed by atoms with Gasteiger partial charge in [-0.25, -0.2) is 18.7 Å². The van der Waals surface area contributed by atoms with Crippen molar-refractivity contribution in [1.82, 2.24) is 9.97 Å². The molecule has 37 heavy (non-hydrogen) atoms. The molecule has 0 unspecified atom stereocenters. The summed E-state index contributed by atoms with van der Waals surface area (Å²) in [6.45, 7) is 1.12. The van der Waals surface area contributed by atoms with E-state index in [1.807, 2.05) is 48.5 Å². The Morgan fingerprint density at radius 2 is 0.973 bits per heavy atom. The van der Waals surface area contributed by atoms with Crippen LogP contribution >= 0.6 is 23.5 Å². The lowest BCUT2D eigenvalue weighted by molar-refractivity contribution is 0.167. The zero-order chi connectivity index (χ0) is 25.2. The predicted molar refractivity (Wildman–Crippen MR) is 151 cm³/mol. The van der Waals surface area contributed by atoms with E-state index in [2.05, 4.69) is 9.97 Å². The molecular weight excluding hydrogens is 506 g/mol. The highest BCUT2D eigenvalue weighted by Crippen LogP contribution is 2.36. The molecule has 0 radical (unpaired) electrons. The summed E-state index contributed by atoms with van der Waals surface area (Å²) in [5.74, 6) is 0.930. The minimum atomic E-state index is -0.268. The number of aromatic nitrogens is 2. The van der Waals surface area contributed by atoms with E-state index in [1.165, 1.54) is 12.1 Å². The first-order chi connectivity index (χ1) is 18.2. The topological polar surface area (TPSA) is 35.0 Å². The maximum absolute atomic E-state index is 14.0. The second-order valence-electron chi connectivity index (χ2n) is 8.55. The first-order valence-corrected chi connectivity index (χ1v) is 13.9. The summed E-state index contributed by atoms with van der Waals surface area (Å²) in [6, 6.07) is 25.4. The van der Waals surface area contributed by atoms with Crippen molar-refractivity contribution in [1.29, 1.82) is 0 Å². The summed E-state index contributed by atoms with van der Waals surface area (Å²) >= 11 is 3.32. The van der Waals surface area contributed by atoms with Crippen molar-refractivity contribution in [2.45, 2.75) is 9.79 Å². The van der Waals surface area contributed by atoms with Crippen molar-refractivity contribution in [2.24, 2.45) is 0 Å². The van der Waals surface area contributed by atoms with Gasteiger partial charge in [0.15, 0.2) is 0 Å². The van der Waals surface area contributed by atoms with Gasteiger partial charge in [-0.15, -0.1) is 23.5 Å².